The third-order valence-corrected chi connectivity index (χ3v) is 4.83. The van der Waals surface area contributed by atoms with Gasteiger partial charge in [0.15, 0.2) is 0 Å². The van der Waals surface area contributed by atoms with E-state index in [9.17, 15) is 0 Å². The van der Waals surface area contributed by atoms with Crippen LogP contribution in [0.3, 0.4) is 0 Å². The van der Waals surface area contributed by atoms with Crippen molar-refractivity contribution in [3.05, 3.63) is 40.7 Å². The predicted octanol–water partition coefficient (Wildman–Crippen LogP) is 2.03. The summed E-state index contributed by atoms with van der Waals surface area (Å²) in [6, 6.07) is 6.29. The summed E-state index contributed by atoms with van der Waals surface area (Å²) in [6.07, 6.45) is 3.58. The fraction of sp³-hybridized carbons (Fsp3) is 0.438. The van der Waals surface area contributed by atoms with Crippen LogP contribution in [0.25, 0.3) is 0 Å². The van der Waals surface area contributed by atoms with Crippen molar-refractivity contribution >= 4 is 23.5 Å². The average Bonchev–Trinajstić information content (AvgIpc) is 3.00. The number of hydrogen-bond acceptors (Lipinski definition) is 6. The predicted molar refractivity (Wildman–Crippen MR) is 91.0 cm³/mol. The van der Waals surface area contributed by atoms with E-state index >= 15 is 0 Å². The number of rotatable bonds is 3. The van der Waals surface area contributed by atoms with Gasteiger partial charge < -0.3 is 15.5 Å². The maximum Gasteiger partial charge on any atom is 0.230 e. The van der Waals surface area contributed by atoms with Gasteiger partial charge in [-0.3, -0.25) is 0 Å². The number of benzene rings is 1. The quantitative estimate of drug-likeness (QED) is 0.897. The van der Waals surface area contributed by atoms with Crippen molar-refractivity contribution in [2.75, 3.05) is 36.4 Å². The molecule has 1 saturated heterocycles. The highest BCUT2D eigenvalue weighted by molar-refractivity contribution is 6.31. The maximum atomic E-state index is 6.28. The molecule has 0 bridgehead atoms. The van der Waals surface area contributed by atoms with E-state index in [-0.39, 0.29) is 6.04 Å². The molecule has 23 heavy (non-hydrogen) atoms. The molecule has 2 aromatic rings. The van der Waals surface area contributed by atoms with Crippen LogP contribution in [0.2, 0.25) is 5.02 Å². The van der Waals surface area contributed by atoms with E-state index in [0.29, 0.717) is 5.95 Å². The summed E-state index contributed by atoms with van der Waals surface area (Å²) in [5.74, 6) is 1.37. The first-order chi connectivity index (χ1) is 11.3. The molecule has 2 N–H and O–H groups in total. The summed E-state index contributed by atoms with van der Waals surface area (Å²) in [5, 5.41) is 7.62. The summed E-state index contributed by atoms with van der Waals surface area (Å²) >= 11 is 6.28. The standard InChI is InChI=1S/C16H19ClN6/c17-13-3-1-2-12-11(13)4-5-14(12)21-15-19-10-20-16(22-15)23-8-6-18-7-9-23/h1-3,10,14,18H,4-9H2,(H,19,20,21,22). The third kappa shape index (κ3) is 2.96. The van der Waals surface area contributed by atoms with Gasteiger partial charge in [-0.2, -0.15) is 4.98 Å². The van der Waals surface area contributed by atoms with E-state index in [4.69, 9.17) is 11.6 Å². The van der Waals surface area contributed by atoms with E-state index in [0.717, 1.165) is 50.0 Å². The topological polar surface area (TPSA) is 66.0 Å². The molecular weight excluding hydrogens is 312 g/mol. The van der Waals surface area contributed by atoms with E-state index in [2.05, 4.69) is 36.6 Å². The Morgan fingerprint density at radius 1 is 1.22 bits per heavy atom. The molecule has 2 heterocycles. The van der Waals surface area contributed by atoms with E-state index < -0.39 is 0 Å². The van der Waals surface area contributed by atoms with Crippen molar-refractivity contribution in [2.45, 2.75) is 18.9 Å². The molecule has 0 spiro atoms. The lowest BCUT2D eigenvalue weighted by molar-refractivity contribution is 0.579. The lowest BCUT2D eigenvalue weighted by Crippen LogP contribution is -2.44. The van der Waals surface area contributed by atoms with Crippen LogP contribution in [0, 0.1) is 0 Å². The second-order valence-electron chi connectivity index (χ2n) is 5.89. The number of aromatic nitrogens is 3. The van der Waals surface area contributed by atoms with Crippen LogP contribution in [0.1, 0.15) is 23.6 Å². The molecule has 1 fully saturated rings. The summed E-state index contributed by atoms with van der Waals surface area (Å²) in [6.45, 7) is 3.77. The van der Waals surface area contributed by atoms with E-state index in [1.807, 2.05) is 12.1 Å². The van der Waals surface area contributed by atoms with Gasteiger partial charge in [-0.25, -0.2) is 9.97 Å². The Kier molecular flexibility index (Phi) is 4.01. The minimum Gasteiger partial charge on any atom is -0.347 e. The molecule has 7 heteroatoms. The third-order valence-electron chi connectivity index (χ3n) is 4.48. The number of fused-ring (bicyclic) bond motifs is 1. The Labute approximate surface area is 140 Å². The van der Waals surface area contributed by atoms with Gasteiger partial charge >= 0.3 is 0 Å². The highest BCUT2D eigenvalue weighted by Gasteiger charge is 2.25. The van der Waals surface area contributed by atoms with Gasteiger partial charge in [0.1, 0.15) is 6.33 Å². The molecule has 0 radical (unpaired) electrons. The minimum absolute atomic E-state index is 0.210. The van der Waals surface area contributed by atoms with Crippen molar-refractivity contribution in [1.29, 1.82) is 0 Å². The zero-order valence-electron chi connectivity index (χ0n) is 12.8. The van der Waals surface area contributed by atoms with E-state index in [1.165, 1.54) is 11.1 Å². The smallest absolute Gasteiger partial charge is 0.230 e. The Balaban J connectivity index is 1.53. The lowest BCUT2D eigenvalue weighted by Gasteiger charge is -2.27. The molecule has 4 rings (SSSR count). The van der Waals surface area contributed by atoms with Gasteiger partial charge in [0.25, 0.3) is 0 Å². The molecule has 1 aromatic carbocycles. The molecule has 0 saturated carbocycles. The van der Waals surface area contributed by atoms with E-state index in [1.54, 1.807) is 6.33 Å². The van der Waals surface area contributed by atoms with Crippen LogP contribution >= 0.6 is 11.6 Å². The van der Waals surface area contributed by atoms with Crippen LogP contribution in [0.4, 0.5) is 11.9 Å². The van der Waals surface area contributed by atoms with Gasteiger partial charge in [0.05, 0.1) is 6.04 Å². The molecule has 120 valence electrons. The van der Waals surface area contributed by atoms with Crippen LogP contribution in [0.5, 0.6) is 0 Å². The number of nitrogens with zero attached hydrogens (tertiary/aromatic N) is 4. The van der Waals surface area contributed by atoms with Gasteiger partial charge in [0, 0.05) is 31.2 Å². The zero-order chi connectivity index (χ0) is 15.6. The van der Waals surface area contributed by atoms with Crippen molar-refractivity contribution in [2.24, 2.45) is 0 Å². The number of nitrogens with one attached hydrogen (secondary N) is 2. The van der Waals surface area contributed by atoms with Crippen LogP contribution in [0.15, 0.2) is 24.5 Å². The first-order valence-electron chi connectivity index (χ1n) is 8.00. The lowest BCUT2D eigenvalue weighted by atomic mass is 10.1. The minimum atomic E-state index is 0.210. The van der Waals surface area contributed by atoms with Crippen LogP contribution < -0.4 is 15.5 Å². The van der Waals surface area contributed by atoms with Crippen molar-refractivity contribution in [1.82, 2.24) is 20.3 Å². The molecule has 0 amide bonds. The van der Waals surface area contributed by atoms with Gasteiger partial charge in [0.2, 0.25) is 11.9 Å². The molecule has 1 aliphatic heterocycles. The number of anilines is 2. The van der Waals surface area contributed by atoms with Crippen molar-refractivity contribution < 1.29 is 0 Å². The van der Waals surface area contributed by atoms with Gasteiger partial charge in [-0.15, -0.1) is 0 Å². The fourth-order valence-electron chi connectivity index (χ4n) is 3.29. The Morgan fingerprint density at radius 3 is 2.96 bits per heavy atom. The molecule has 6 nitrogen and oxygen atoms in total. The van der Waals surface area contributed by atoms with Crippen LogP contribution in [-0.4, -0.2) is 41.1 Å². The fourth-order valence-corrected chi connectivity index (χ4v) is 3.57. The molecule has 2 aliphatic rings. The summed E-state index contributed by atoms with van der Waals surface area (Å²) in [7, 11) is 0. The second kappa shape index (κ2) is 6.29. The monoisotopic (exact) mass is 330 g/mol. The normalized spacial score (nSPS) is 20.4. The zero-order valence-corrected chi connectivity index (χ0v) is 13.6. The molecule has 1 aromatic heterocycles. The molecule has 1 unspecified atom stereocenters. The number of halogens is 1. The molecule has 1 aliphatic carbocycles. The Hall–Kier alpha value is -1.92. The largest absolute Gasteiger partial charge is 0.347 e. The first kappa shape index (κ1) is 14.7. The van der Waals surface area contributed by atoms with Gasteiger partial charge in [-0.1, -0.05) is 23.7 Å². The second-order valence-corrected chi connectivity index (χ2v) is 6.30. The van der Waals surface area contributed by atoms with Gasteiger partial charge in [-0.05, 0) is 30.0 Å². The summed E-state index contributed by atoms with van der Waals surface area (Å²) in [5.41, 5.74) is 2.49. The molecular formula is C16H19ClN6. The maximum absolute atomic E-state index is 6.28. The highest BCUT2D eigenvalue weighted by Crippen LogP contribution is 2.36. The Bertz CT molecular complexity index is 701. The summed E-state index contributed by atoms with van der Waals surface area (Å²) < 4.78 is 0. The number of piperazine rings is 1. The molecule has 1 atom stereocenters. The van der Waals surface area contributed by atoms with Crippen LogP contribution in [-0.2, 0) is 6.42 Å². The SMILES string of the molecule is Clc1cccc2c1CCC2Nc1ncnc(N2CCNCC2)n1. The summed E-state index contributed by atoms with van der Waals surface area (Å²) in [4.78, 5) is 15.4. The van der Waals surface area contributed by atoms with Crippen molar-refractivity contribution in [3.63, 3.8) is 0 Å². The average molecular weight is 331 g/mol. The highest BCUT2D eigenvalue weighted by atomic mass is 35.5. The van der Waals surface area contributed by atoms with Crippen molar-refractivity contribution in [3.8, 4) is 0 Å². The Morgan fingerprint density at radius 2 is 2.09 bits per heavy atom. The number of hydrogen-bond donors (Lipinski definition) is 2. The first-order valence-corrected chi connectivity index (χ1v) is 8.37.